The van der Waals surface area contributed by atoms with E-state index in [9.17, 15) is 5.11 Å². The van der Waals surface area contributed by atoms with Gasteiger partial charge in [-0.1, -0.05) is 42.5 Å². The minimum absolute atomic E-state index is 0.656. The van der Waals surface area contributed by atoms with E-state index in [2.05, 4.69) is 0 Å². The van der Waals surface area contributed by atoms with Gasteiger partial charge in [-0.3, -0.25) is 0 Å². The van der Waals surface area contributed by atoms with Crippen molar-refractivity contribution in [3.8, 4) is 0 Å². The number of aliphatic hydroxyl groups is 1. The summed E-state index contributed by atoms with van der Waals surface area (Å²) >= 11 is 0. The Hall–Kier alpha value is -1.80. The van der Waals surface area contributed by atoms with E-state index >= 15 is 0 Å². The van der Waals surface area contributed by atoms with Crippen molar-refractivity contribution in [2.75, 3.05) is 5.73 Å². The zero-order valence-electron chi connectivity index (χ0n) is 10.1. The maximum absolute atomic E-state index is 10.4. The quantitative estimate of drug-likeness (QED) is 0.775. The number of hydrogen-bond donors (Lipinski definition) is 2. The van der Waals surface area contributed by atoms with Crippen molar-refractivity contribution < 1.29 is 5.11 Å². The minimum Gasteiger partial charge on any atom is -0.398 e. The van der Waals surface area contributed by atoms with Gasteiger partial charge < -0.3 is 10.8 Å². The second-order valence-electron chi connectivity index (χ2n) is 4.34. The minimum atomic E-state index is -0.656. The van der Waals surface area contributed by atoms with E-state index in [4.69, 9.17) is 5.73 Å². The monoisotopic (exact) mass is 227 g/mol. The Morgan fingerprint density at radius 2 is 1.47 bits per heavy atom. The number of hydrogen-bond acceptors (Lipinski definition) is 2. The third kappa shape index (κ3) is 2.17. The fraction of sp³-hybridized carbons (Fsp3) is 0.200. The summed E-state index contributed by atoms with van der Waals surface area (Å²) in [7, 11) is 0. The lowest BCUT2D eigenvalue weighted by Gasteiger charge is -2.17. The van der Waals surface area contributed by atoms with E-state index in [1.54, 1.807) is 0 Å². The van der Waals surface area contributed by atoms with Crippen molar-refractivity contribution in [2.24, 2.45) is 0 Å². The molecule has 88 valence electrons. The summed E-state index contributed by atoms with van der Waals surface area (Å²) in [5.74, 6) is 0. The molecule has 0 aliphatic heterocycles. The van der Waals surface area contributed by atoms with Gasteiger partial charge in [0, 0.05) is 11.3 Å². The van der Waals surface area contributed by atoms with Gasteiger partial charge >= 0.3 is 0 Å². The highest BCUT2D eigenvalue weighted by atomic mass is 16.3. The molecule has 0 saturated carbocycles. The van der Waals surface area contributed by atoms with Gasteiger partial charge in [-0.15, -0.1) is 0 Å². The van der Waals surface area contributed by atoms with Crippen LogP contribution < -0.4 is 5.73 Å². The first kappa shape index (κ1) is 11.7. The molecule has 0 fully saturated rings. The van der Waals surface area contributed by atoms with Crippen LogP contribution in [0.1, 0.15) is 28.4 Å². The number of para-hydroxylation sites is 1. The Bertz CT molecular complexity index is 534. The molecule has 2 aromatic rings. The van der Waals surface area contributed by atoms with Crippen LogP contribution in [0.25, 0.3) is 0 Å². The summed E-state index contributed by atoms with van der Waals surface area (Å²) in [6.07, 6.45) is -0.656. The second-order valence-corrected chi connectivity index (χ2v) is 4.34. The van der Waals surface area contributed by atoms with Crippen LogP contribution in [0.5, 0.6) is 0 Å². The van der Waals surface area contributed by atoms with Crippen LogP contribution in [0.2, 0.25) is 0 Å². The summed E-state index contributed by atoms with van der Waals surface area (Å²) in [5.41, 5.74) is 10.4. The molecule has 0 aliphatic rings. The number of rotatable bonds is 2. The Labute approximate surface area is 102 Å². The fourth-order valence-electron chi connectivity index (χ4n) is 2.00. The van der Waals surface area contributed by atoms with Gasteiger partial charge in [0.2, 0.25) is 0 Å². The SMILES string of the molecule is Cc1ccccc1C(O)c1cccc(C)c1N. The largest absolute Gasteiger partial charge is 0.398 e. The molecule has 0 amide bonds. The molecule has 0 bridgehead atoms. The van der Waals surface area contributed by atoms with Crippen molar-refractivity contribution in [3.63, 3.8) is 0 Å². The molecule has 1 unspecified atom stereocenters. The van der Waals surface area contributed by atoms with Gasteiger partial charge in [0.25, 0.3) is 0 Å². The van der Waals surface area contributed by atoms with Crippen LogP contribution in [0.4, 0.5) is 5.69 Å². The van der Waals surface area contributed by atoms with Crippen molar-refractivity contribution in [1.29, 1.82) is 0 Å². The molecule has 17 heavy (non-hydrogen) atoms. The standard InChI is InChI=1S/C15H17NO/c1-10-6-3-4-8-12(10)15(17)13-9-5-7-11(2)14(13)16/h3-9,15,17H,16H2,1-2H3. The van der Waals surface area contributed by atoms with Crippen molar-refractivity contribution in [2.45, 2.75) is 20.0 Å². The lowest BCUT2D eigenvalue weighted by molar-refractivity contribution is 0.220. The van der Waals surface area contributed by atoms with Gasteiger partial charge in [0.05, 0.1) is 0 Å². The smallest absolute Gasteiger partial charge is 0.106 e. The first-order chi connectivity index (χ1) is 8.11. The molecular formula is C15H17NO. The molecular weight excluding hydrogens is 210 g/mol. The maximum Gasteiger partial charge on any atom is 0.106 e. The average molecular weight is 227 g/mol. The molecule has 3 N–H and O–H groups in total. The van der Waals surface area contributed by atoms with Gasteiger partial charge in [-0.05, 0) is 30.5 Å². The molecule has 0 saturated heterocycles. The van der Waals surface area contributed by atoms with Crippen molar-refractivity contribution in [3.05, 3.63) is 64.7 Å². The van der Waals surface area contributed by atoms with E-state index in [1.165, 1.54) is 0 Å². The normalized spacial score (nSPS) is 12.4. The molecule has 2 heteroatoms. The second kappa shape index (κ2) is 4.60. The highest BCUT2D eigenvalue weighted by Crippen LogP contribution is 2.29. The van der Waals surface area contributed by atoms with Gasteiger partial charge in [0.1, 0.15) is 6.10 Å². The van der Waals surface area contributed by atoms with E-state index in [1.807, 2.05) is 56.3 Å². The number of anilines is 1. The highest BCUT2D eigenvalue weighted by molar-refractivity contribution is 5.56. The Kier molecular flexibility index (Phi) is 3.16. The van der Waals surface area contributed by atoms with Crippen LogP contribution in [-0.4, -0.2) is 5.11 Å². The molecule has 0 radical (unpaired) electrons. The third-order valence-corrected chi connectivity index (χ3v) is 3.14. The first-order valence-electron chi connectivity index (χ1n) is 5.70. The van der Waals surface area contributed by atoms with Crippen LogP contribution >= 0.6 is 0 Å². The Morgan fingerprint density at radius 3 is 2.18 bits per heavy atom. The van der Waals surface area contributed by atoms with E-state index < -0.39 is 6.10 Å². The number of benzene rings is 2. The van der Waals surface area contributed by atoms with Crippen molar-refractivity contribution in [1.82, 2.24) is 0 Å². The summed E-state index contributed by atoms with van der Waals surface area (Å²) in [5, 5.41) is 10.4. The molecule has 0 spiro atoms. The molecule has 2 nitrogen and oxygen atoms in total. The summed E-state index contributed by atoms with van der Waals surface area (Å²) in [6.45, 7) is 3.94. The van der Waals surface area contributed by atoms with Gasteiger partial charge in [0.15, 0.2) is 0 Å². The van der Waals surface area contributed by atoms with Crippen LogP contribution in [-0.2, 0) is 0 Å². The molecule has 0 heterocycles. The summed E-state index contributed by atoms with van der Waals surface area (Å²) < 4.78 is 0. The third-order valence-electron chi connectivity index (χ3n) is 3.14. The number of nitrogen functional groups attached to an aromatic ring is 1. The van der Waals surface area contributed by atoms with Crippen LogP contribution in [0, 0.1) is 13.8 Å². The maximum atomic E-state index is 10.4. The lowest BCUT2D eigenvalue weighted by atomic mass is 9.95. The Balaban J connectivity index is 2.48. The number of nitrogens with two attached hydrogens (primary N) is 1. The average Bonchev–Trinajstić information content (AvgIpc) is 2.32. The molecule has 2 rings (SSSR count). The van der Waals surface area contributed by atoms with E-state index in [-0.39, 0.29) is 0 Å². The zero-order valence-corrected chi connectivity index (χ0v) is 10.1. The number of aryl methyl sites for hydroxylation is 2. The first-order valence-corrected chi connectivity index (χ1v) is 5.70. The predicted octanol–water partition coefficient (Wildman–Crippen LogP) is 2.97. The van der Waals surface area contributed by atoms with Crippen LogP contribution in [0.3, 0.4) is 0 Å². The van der Waals surface area contributed by atoms with Crippen LogP contribution in [0.15, 0.2) is 42.5 Å². The zero-order chi connectivity index (χ0) is 12.4. The summed E-state index contributed by atoms with van der Waals surface area (Å²) in [6, 6.07) is 13.6. The van der Waals surface area contributed by atoms with Gasteiger partial charge in [-0.25, -0.2) is 0 Å². The topological polar surface area (TPSA) is 46.2 Å². The fourth-order valence-corrected chi connectivity index (χ4v) is 2.00. The number of aliphatic hydroxyl groups excluding tert-OH is 1. The predicted molar refractivity (Wildman–Crippen MR) is 70.8 cm³/mol. The van der Waals surface area contributed by atoms with E-state index in [0.29, 0.717) is 5.69 Å². The Morgan fingerprint density at radius 1 is 0.882 bits per heavy atom. The molecule has 0 aromatic heterocycles. The van der Waals surface area contributed by atoms with Crippen molar-refractivity contribution >= 4 is 5.69 Å². The summed E-state index contributed by atoms with van der Waals surface area (Å²) in [4.78, 5) is 0. The molecule has 0 aliphatic carbocycles. The molecule has 1 atom stereocenters. The van der Waals surface area contributed by atoms with Gasteiger partial charge in [-0.2, -0.15) is 0 Å². The van der Waals surface area contributed by atoms with E-state index in [0.717, 1.165) is 22.3 Å². The lowest BCUT2D eigenvalue weighted by Crippen LogP contribution is -2.06. The highest BCUT2D eigenvalue weighted by Gasteiger charge is 2.15. The molecule has 2 aromatic carbocycles.